The lowest BCUT2D eigenvalue weighted by molar-refractivity contribution is -0.425. The van der Waals surface area contributed by atoms with Gasteiger partial charge in [-0.3, -0.25) is 10.1 Å². The van der Waals surface area contributed by atoms with Gasteiger partial charge in [-0.25, -0.2) is 0 Å². The van der Waals surface area contributed by atoms with Crippen molar-refractivity contribution in [3.63, 3.8) is 0 Å². The third-order valence-corrected chi connectivity index (χ3v) is 2.97. The van der Waals surface area contributed by atoms with Gasteiger partial charge in [0.25, 0.3) is 5.70 Å². The van der Waals surface area contributed by atoms with Crippen LogP contribution in [0.5, 0.6) is 0 Å². The number of allylic oxidation sites excluding steroid dienone is 1. The molecule has 0 aliphatic carbocycles. The van der Waals surface area contributed by atoms with Gasteiger partial charge in [-0.1, -0.05) is 54.6 Å². The average molecular weight is 253 g/mol. The number of nitro groups is 1. The Balaban J connectivity index is 2.31. The van der Waals surface area contributed by atoms with Crippen molar-refractivity contribution in [3.8, 4) is 0 Å². The molecule has 0 radical (unpaired) electrons. The van der Waals surface area contributed by atoms with E-state index in [1.807, 2.05) is 61.5 Å². The van der Waals surface area contributed by atoms with E-state index in [0.717, 1.165) is 16.7 Å². The van der Waals surface area contributed by atoms with Crippen molar-refractivity contribution >= 4 is 6.08 Å². The summed E-state index contributed by atoms with van der Waals surface area (Å²) in [6.45, 7) is 1.95. The molecule has 3 heteroatoms. The molecule has 0 saturated heterocycles. The van der Waals surface area contributed by atoms with Crippen LogP contribution in [0.25, 0.3) is 6.08 Å². The zero-order valence-corrected chi connectivity index (χ0v) is 10.7. The van der Waals surface area contributed by atoms with E-state index in [4.69, 9.17) is 0 Å². The van der Waals surface area contributed by atoms with E-state index in [-0.39, 0.29) is 10.6 Å². The van der Waals surface area contributed by atoms with Crippen LogP contribution in [0.15, 0.2) is 60.3 Å². The Labute approximate surface area is 112 Å². The number of rotatable bonds is 4. The Kier molecular flexibility index (Phi) is 4.08. The molecule has 0 aliphatic heterocycles. The van der Waals surface area contributed by atoms with Gasteiger partial charge in [0, 0.05) is 6.08 Å². The fourth-order valence-electron chi connectivity index (χ4n) is 1.90. The van der Waals surface area contributed by atoms with E-state index in [2.05, 4.69) is 0 Å². The molecule has 19 heavy (non-hydrogen) atoms. The van der Waals surface area contributed by atoms with Crippen LogP contribution in [0.1, 0.15) is 16.7 Å². The molecule has 0 saturated carbocycles. The molecule has 2 aromatic carbocycles. The van der Waals surface area contributed by atoms with Crippen molar-refractivity contribution in [2.75, 3.05) is 0 Å². The molecule has 0 atom stereocenters. The summed E-state index contributed by atoms with van der Waals surface area (Å²) < 4.78 is 0. The summed E-state index contributed by atoms with van der Waals surface area (Å²) in [4.78, 5) is 10.9. The summed E-state index contributed by atoms with van der Waals surface area (Å²) in [5.74, 6) is 0. The third kappa shape index (κ3) is 3.52. The predicted octanol–water partition coefficient (Wildman–Crippen LogP) is 3.86. The summed E-state index contributed by atoms with van der Waals surface area (Å²) >= 11 is 0. The topological polar surface area (TPSA) is 43.1 Å². The van der Waals surface area contributed by atoms with Crippen LogP contribution in [0.3, 0.4) is 0 Å². The molecule has 0 spiro atoms. The highest BCUT2D eigenvalue weighted by atomic mass is 16.6. The maximum absolute atomic E-state index is 11.2. The van der Waals surface area contributed by atoms with Gasteiger partial charge in [-0.2, -0.15) is 0 Å². The Bertz CT molecular complexity index is 603. The Hall–Kier alpha value is -2.42. The number of hydrogen-bond donors (Lipinski definition) is 0. The highest BCUT2D eigenvalue weighted by Gasteiger charge is 2.12. The SMILES string of the molecule is Cc1ccccc1C=C(Cc1ccccc1)[N+](=O)[O-]. The molecular weight excluding hydrogens is 238 g/mol. The minimum absolute atomic E-state index is 0.209. The minimum atomic E-state index is -0.306. The Morgan fingerprint density at radius 1 is 1.11 bits per heavy atom. The number of aryl methyl sites for hydroxylation is 1. The van der Waals surface area contributed by atoms with Gasteiger partial charge in [0.2, 0.25) is 0 Å². The van der Waals surface area contributed by atoms with E-state index in [0.29, 0.717) is 6.42 Å². The first kappa shape index (κ1) is 13.0. The van der Waals surface area contributed by atoms with Gasteiger partial charge in [0.1, 0.15) is 0 Å². The highest BCUT2D eigenvalue weighted by Crippen LogP contribution is 2.15. The lowest BCUT2D eigenvalue weighted by Gasteiger charge is -2.02. The van der Waals surface area contributed by atoms with E-state index in [1.54, 1.807) is 6.08 Å². The Morgan fingerprint density at radius 2 is 1.74 bits per heavy atom. The first-order valence-electron chi connectivity index (χ1n) is 6.11. The highest BCUT2D eigenvalue weighted by molar-refractivity contribution is 5.55. The molecule has 96 valence electrons. The molecule has 0 fully saturated rings. The van der Waals surface area contributed by atoms with Gasteiger partial charge in [-0.15, -0.1) is 0 Å². The molecule has 0 heterocycles. The summed E-state index contributed by atoms with van der Waals surface area (Å²) in [5.41, 5.74) is 3.08. The quantitative estimate of drug-likeness (QED) is 0.613. The third-order valence-electron chi connectivity index (χ3n) is 2.97. The van der Waals surface area contributed by atoms with E-state index < -0.39 is 0 Å². The van der Waals surface area contributed by atoms with Crippen molar-refractivity contribution in [3.05, 3.63) is 87.1 Å². The number of benzene rings is 2. The normalized spacial score (nSPS) is 11.3. The predicted molar refractivity (Wildman–Crippen MR) is 76.3 cm³/mol. The second-order valence-electron chi connectivity index (χ2n) is 4.41. The number of nitrogens with zero attached hydrogens (tertiary/aromatic N) is 1. The molecular formula is C16H15NO2. The average Bonchev–Trinajstić information content (AvgIpc) is 2.41. The van der Waals surface area contributed by atoms with Gasteiger partial charge in [-0.05, 0) is 23.6 Å². The van der Waals surface area contributed by atoms with Gasteiger partial charge in [0.05, 0.1) is 11.3 Å². The minimum Gasteiger partial charge on any atom is -0.259 e. The molecule has 0 bridgehead atoms. The van der Waals surface area contributed by atoms with Crippen molar-refractivity contribution in [1.82, 2.24) is 0 Å². The van der Waals surface area contributed by atoms with Crippen LogP contribution in [0.4, 0.5) is 0 Å². The maximum atomic E-state index is 11.2. The van der Waals surface area contributed by atoms with Crippen molar-refractivity contribution in [2.45, 2.75) is 13.3 Å². The second kappa shape index (κ2) is 5.96. The van der Waals surface area contributed by atoms with Crippen molar-refractivity contribution < 1.29 is 4.92 Å². The van der Waals surface area contributed by atoms with Crippen LogP contribution in [-0.4, -0.2) is 4.92 Å². The van der Waals surface area contributed by atoms with E-state index in [1.165, 1.54) is 0 Å². The monoisotopic (exact) mass is 253 g/mol. The van der Waals surface area contributed by atoms with Crippen LogP contribution in [0, 0.1) is 17.0 Å². The summed E-state index contributed by atoms with van der Waals surface area (Å²) in [5, 5.41) is 11.2. The Morgan fingerprint density at radius 3 is 2.37 bits per heavy atom. The standard InChI is InChI=1S/C16H15NO2/c1-13-7-5-6-10-15(13)12-16(17(18)19)11-14-8-3-2-4-9-14/h2-10,12H,11H2,1H3. The van der Waals surface area contributed by atoms with Gasteiger partial charge >= 0.3 is 0 Å². The lowest BCUT2D eigenvalue weighted by Crippen LogP contribution is -2.02. The molecule has 0 aliphatic rings. The van der Waals surface area contributed by atoms with Crippen LogP contribution < -0.4 is 0 Å². The van der Waals surface area contributed by atoms with E-state index in [9.17, 15) is 10.1 Å². The number of hydrogen-bond acceptors (Lipinski definition) is 2. The lowest BCUT2D eigenvalue weighted by atomic mass is 10.0. The van der Waals surface area contributed by atoms with Gasteiger partial charge in [0.15, 0.2) is 0 Å². The second-order valence-corrected chi connectivity index (χ2v) is 4.41. The van der Waals surface area contributed by atoms with Crippen LogP contribution >= 0.6 is 0 Å². The van der Waals surface area contributed by atoms with Crippen molar-refractivity contribution in [1.29, 1.82) is 0 Å². The molecule has 0 unspecified atom stereocenters. The zero-order valence-electron chi connectivity index (χ0n) is 10.7. The zero-order chi connectivity index (χ0) is 13.7. The van der Waals surface area contributed by atoms with Crippen LogP contribution in [0.2, 0.25) is 0 Å². The molecule has 3 nitrogen and oxygen atoms in total. The van der Waals surface area contributed by atoms with Gasteiger partial charge < -0.3 is 0 Å². The molecule has 2 aromatic rings. The first-order chi connectivity index (χ1) is 9.16. The smallest absolute Gasteiger partial charge is 0.251 e. The first-order valence-corrected chi connectivity index (χ1v) is 6.11. The molecule has 2 rings (SSSR count). The maximum Gasteiger partial charge on any atom is 0.251 e. The largest absolute Gasteiger partial charge is 0.259 e. The fourth-order valence-corrected chi connectivity index (χ4v) is 1.90. The summed E-state index contributed by atoms with van der Waals surface area (Å²) in [7, 11) is 0. The van der Waals surface area contributed by atoms with E-state index >= 15 is 0 Å². The molecule has 0 aromatic heterocycles. The molecule has 0 amide bonds. The summed E-state index contributed by atoms with van der Waals surface area (Å²) in [6.07, 6.45) is 1.99. The van der Waals surface area contributed by atoms with Crippen molar-refractivity contribution in [2.24, 2.45) is 0 Å². The fraction of sp³-hybridized carbons (Fsp3) is 0.125. The van der Waals surface area contributed by atoms with Crippen LogP contribution in [-0.2, 0) is 6.42 Å². The summed E-state index contributed by atoms with van der Waals surface area (Å²) in [6, 6.07) is 17.1. The molecule has 0 N–H and O–H groups in total.